The molecule has 2 aromatic heterocycles. The Kier molecular flexibility index (Phi) is 8.06. The van der Waals surface area contributed by atoms with Crippen LogP contribution in [0.1, 0.15) is 24.2 Å². The molecule has 0 fully saturated rings. The van der Waals surface area contributed by atoms with E-state index in [1.54, 1.807) is 19.4 Å². The third-order valence-corrected chi connectivity index (χ3v) is 6.04. The maximum Gasteiger partial charge on any atom is 0.257 e. The standard InChI is InChI=1S/C25H31N7O5/c1-16(2)22-24(34)27-7-9-31-8-6-26-23(31)17-4-5-19(36-3)20(12-17)37-11-10-32(15-21(33)30-22)25(35)18-13-28-29-14-18/h4-6,8,12-14,16,22H,7,9-11,15H2,1-3H3,(H,27,34)(H,28,29)(H,30,33)/t22-/m1/s1. The summed E-state index contributed by atoms with van der Waals surface area (Å²) >= 11 is 0. The number of fused-ring (bicyclic) bond motifs is 4. The summed E-state index contributed by atoms with van der Waals surface area (Å²) in [6.07, 6.45) is 6.38. The molecule has 1 atom stereocenters. The SMILES string of the molecule is COc1ccc2cc1OCCN(C(=O)c1cn[nH]c1)CC(=O)N[C@H](C(C)C)C(=O)NCCn1ccnc1-2. The number of imidazole rings is 1. The lowest BCUT2D eigenvalue weighted by Gasteiger charge is -2.25. The van der Waals surface area contributed by atoms with Crippen LogP contribution >= 0.6 is 0 Å². The molecule has 0 aliphatic carbocycles. The van der Waals surface area contributed by atoms with E-state index in [9.17, 15) is 14.4 Å². The Morgan fingerprint density at radius 3 is 2.81 bits per heavy atom. The summed E-state index contributed by atoms with van der Waals surface area (Å²) in [4.78, 5) is 44.8. The fourth-order valence-corrected chi connectivity index (χ4v) is 4.08. The second-order valence-corrected chi connectivity index (χ2v) is 8.95. The molecule has 1 aromatic carbocycles. The van der Waals surface area contributed by atoms with Crippen molar-refractivity contribution >= 4 is 17.7 Å². The van der Waals surface area contributed by atoms with Gasteiger partial charge in [0.2, 0.25) is 11.8 Å². The number of aromatic nitrogens is 4. The van der Waals surface area contributed by atoms with Crippen LogP contribution in [-0.4, -0.2) is 81.8 Å². The minimum Gasteiger partial charge on any atom is -0.493 e. The maximum absolute atomic E-state index is 13.1. The topological polar surface area (TPSA) is 143 Å². The highest BCUT2D eigenvalue weighted by Gasteiger charge is 2.27. The lowest BCUT2D eigenvalue weighted by molar-refractivity contribution is -0.130. The van der Waals surface area contributed by atoms with E-state index in [1.807, 2.05) is 36.7 Å². The predicted molar refractivity (Wildman–Crippen MR) is 134 cm³/mol. The largest absolute Gasteiger partial charge is 0.493 e. The lowest BCUT2D eigenvalue weighted by atomic mass is 10.0. The van der Waals surface area contributed by atoms with E-state index >= 15 is 0 Å². The molecule has 12 heteroatoms. The van der Waals surface area contributed by atoms with Crippen molar-refractivity contribution in [1.82, 2.24) is 35.3 Å². The molecular weight excluding hydrogens is 478 g/mol. The van der Waals surface area contributed by atoms with Crippen LogP contribution in [0, 0.1) is 5.92 Å². The van der Waals surface area contributed by atoms with Gasteiger partial charge in [-0.15, -0.1) is 0 Å². The van der Waals surface area contributed by atoms with Gasteiger partial charge in [-0.3, -0.25) is 19.5 Å². The molecule has 0 saturated carbocycles. The van der Waals surface area contributed by atoms with Gasteiger partial charge in [0, 0.05) is 37.2 Å². The molecule has 3 aromatic rings. The predicted octanol–water partition coefficient (Wildman–Crippen LogP) is 1.07. The number of carbonyl (C=O) groups excluding carboxylic acids is 3. The molecule has 1 aliphatic rings. The van der Waals surface area contributed by atoms with Gasteiger partial charge in [0.25, 0.3) is 5.91 Å². The molecule has 3 heterocycles. The van der Waals surface area contributed by atoms with Crippen LogP contribution < -0.4 is 20.1 Å². The summed E-state index contributed by atoms with van der Waals surface area (Å²) in [7, 11) is 1.55. The summed E-state index contributed by atoms with van der Waals surface area (Å²) in [6, 6.07) is 4.72. The second kappa shape index (κ2) is 11.6. The van der Waals surface area contributed by atoms with E-state index in [0.717, 1.165) is 5.56 Å². The van der Waals surface area contributed by atoms with Crippen molar-refractivity contribution in [2.75, 3.05) is 33.4 Å². The van der Waals surface area contributed by atoms with Crippen LogP contribution in [0.4, 0.5) is 0 Å². The highest BCUT2D eigenvalue weighted by molar-refractivity contribution is 5.96. The number of hydrogen-bond donors (Lipinski definition) is 3. The molecule has 4 rings (SSSR count). The Labute approximate surface area is 214 Å². The number of benzene rings is 1. The van der Waals surface area contributed by atoms with Crippen LogP contribution in [0.25, 0.3) is 11.4 Å². The lowest BCUT2D eigenvalue weighted by Crippen LogP contribution is -2.53. The van der Waals surface area contributed by atoms with Crippen LogP contribution in [0.2, 0.25) is 0 Å². The first-order valence-corrected chi connectivity index (χ1v) is 12.0. The number of carbonyl (C=O) groups is 3. The first-order chi connectivity index (χ1) is 17.9. The number of ether oxygens (including phenoxy) is 2. The van der Waals surface area contributed by atoms with Crippen LogP contribution in [-0.2, 0) is 16.1 Å². The Hall–Kier alpha value is -4.35. The zero-order chi connectivity index (χ0) is 26.4. The van der Waals surface area contributed by atoms with Crippen LogP contribution in [0.5, 0.6) is 11.5 Å². The maximum atomic E-state index is 13.1. The van der Waals surface area contributed by atoms with E-state index < -0.39 is 17.9 Å². The highest BCUT2D eigenvalue weighted by atomic mass is 16.5. The van der Waals surface area contributed by atoms with Crippen molar-refractivity contribution in [3.63, 3.8) is 0 Å². The third-order valence-electron chi connectivity index (χ3n) is 6.04. The number of aromatic amines is 1. The zero-order valence-electron chi connectivity index (χ0n) is 21.1. The number of H-pyrrole nitrogens is 1. The molecule has 12 nitrogen and oxygen atoms in total. The van der Waals surface area contributed by atoms with Crippen molar-refractivity contribution < 1.29 is 23.9 Å². The van der Waals surface area contributed by atoms with Gasteiger partial charge in [0.05, 0.1) is 32.0 Å². The number of nitrogens with one attached hydrogen (secondary N) is 3. The van der Waals surface area contributed by atoms with Gasteiger partial charge in [0.15, 0.2) is 11.5 Å². The molecule has 37 heavy (non-hydrogen) atoms. The summed E-state index contributed by atoms with van der Waals surface area (Å²) in [5.74, 6) is 0.411. The van der Waals surface area contributed by atoms with Crippen molar-refractivity contribution in [2.24, 2.45) is 5.92 Å². The molecule has 0 radical (unpaired) electrons. The number of rotatable bonds is 3. The van der Waals surface area contributed by atoms with Crippen molar-refractivity contribution in [3.05, 3.63) is 48.5 Å². The molecule has 2 bridgehead atoms. The average Bonchev–Trinajstić information content (AvgIpc) is 3.58. The first-order valence-electron chi connectivity index (χ1n) is 12.0. The Bertz CT molecular complexity index is 1240. The Morgan fingerprint density at radius 2 is 2.08 bits per heavy atom. The van der Waals surface area contributed by atoms with E-state index in [-0.39, 0.29) is 31.5 Å². The Balaban J connectivity index is 1.65. The summed E-state index contributed by atoms with van der Waals surface area (Å²) < 4.78 is 13.4. The molecule has 3 amide bonds. The normalized spacial score (nSPS) is 17.3. The zero-order valence-corrected chi connectivity index (χ0v) is 21.1. The first kappa shape index (κ1) is 25.7. The molecule has 1 aliphatic heterocycles. The highest BCUT2D eigenvalue weighted by Crippen LogP contribution is 2.32. The minimum atomic E-state index is -0.758. The smallest absolute Gasteiger partial charge is 0.257 e. The van der Waals surface area contributed by atoms with Crippen molar-refractivity contribution in [3.8, 4) is 22.9 Å². The number of hydrogen-bond acceptors (Lipinski definition) is 7. The van der Waals surface area contributed by atoms with Gasteiger partial charge in [-0.25, -0.2) is 4.98 Å². The van der Waals surface area contributed by atoms with E-state index in [2.05, 4.69) is 25.8 Å². The quantitative estimate of drug-likeness (QED) is 0.479. The minimum absolute atomic E-state index is 0.0964. The molecule has 0 spiro atoms. The van der Waals surface area contributed by atoms with Gasteiger partial charge in [-0.05, 0) is 24.1 Å². The fourth-order valence-electron chi connectivity index (χ4n) is 4.08. The van der Waals surface area contributed by atoms with Crippen molar-refractivity contribution in [2.45, 2.75) is 26.4 Å². The van der Waals surface area contributed by atoms with Gasteiger partial charge >= 0.3 is 0 Å². The second-order valence-electron chi connectivity index (χ2n) is 8.95. The molecular formula is C25H31N7O5. The molecule has 196 valence electrons. The van der Waals surface area contributed by atoms with E-state index in [0.29, 0.717) is 36.0 Å². The summed E-state index contributed by atoms with van der Waals surface area (Å²) in [6.45, 7) is 4.47. The van der Waals surface area contributed by atoms with Crippen LogP contribution in [0.15, 0.2) is 43.0 Å². The summed E-state index contributed by atoms with van der Waals surface area (Å²) in [5, 5.41) is 12.1. The molecule has 0 saturated heterocycles. The van der Waals surface area contributed by atoms with E-state index in [4.69, 9.17) is 9.47 Å². The monoisotopic (exact) mass is 509 g/mol. The van der Waals surface area contributed by atoms with Crippen molar-refractivity contribution in [1.29, 1.82) is 0 Å². The Morgan fingerprint density at radius 1 is 1.24 bits per heavy atom. The number of amides is 3. The average molecular weight is 510 g/mol. The molecule has 0 unspecified atom stereocenters. The van der Waals surface area contributed by atoms with Gasteiger partial charge < -0.3 is 29.6 Å². The number of methoxy groups -OCH3 is 1. The summed E-state index contributed by atoms with van der Waals surface area (Å²) in [5.41, 5.74) is 1.11. The third kappa shape index (κ3) is 6.08. The molecule has 3 N–H and O–H groups in total. The fraction of sp³-hybridized carbons (Fsp3) is 0.400. The van der Waals surface area contributed by atoms with Crippen LogP contribution in [0.3, 0.4) is 0 Å². The van der Waals surface area contributed by atoms with Gasteiger partial charge in [-0.1, -0.05) is 13.8 Å². The number of nitrogens with zero attached hydrogens (tertiary/aromatic N) is 4. The van der Waals surface area contributed by atoms with Gasteiger partial charge in [-0.2, -0.15) is 5.10 Å². The van der Waals surface area contributed by atoms with E-state index in [1.165, 1.54) is 17.3 Å². The van der Waals surface area contributed by atoms with Gasteiger partial charge in [0.1, 0.15) is 18.5 Å².